The largest absolute Gasteiger partial charge is 0.465 e. The lowest BCUT2D eigenvalue weighted by Crippen LogP contribution is -2.41. The minimum atomic E-state index is -0.822. The van der Waals surface area contributed by atoms with Gasteiger partial charge in [0, 0.05) is 6.21 Å². The fourth-order valence-electron chi connectivity index (χ4n) is 1.17. The molecule has 1 rings (SSSR count). The second kappa shape index (κ2) is 4.88. The summed E-state index contributed by atoms with van der Waals surface area (Å²) < 4.78 is 4.12. The molecule has 0 saturated carbocycles. The summed E-state index contributed by atoms with van der Waals surface area (Å²) in [4.78, 5) is 15.6. The average Bonchev–Trinajstić information content (AvgIpc) is 2.19. The summed E-state index contributed by atoms with van der Waals surface area (Å²) in [6.07, 6.45) is 3.26. The zero-order valence-corrected chi connectivity index (χ0v) is 10.0. The van der Waals surface area contributed by atoms with E-state index in [1.54, 1.807) is 19.2 Å². The third-order valence-corrected chi connectivity index (χ3v) is 3.44. The maximum atomic E-state index is 11.6. The molecule has 0 fully saturated rings. The van der Waals surface area contributed by atoms with Gasteiger partial charge in [0.2, 0.25) is 0 Å². The van der Waals surface area contributed by atoms with Gasteiger partial charge in [-0.2, -0.15) is 0 Å². The fraction of sp³-hybridized carbons (Fsp3) is 0.556. The summed E-state index contributed by atoms with van der Waals surface area (Å²) in [7, 11) is 0. The molecule has 0 bridgehead atoms. The number of esters is 1. The number of nitrogens with zero attached hydrogens (tertiary/aromatic N) is 1. The number of allylic oxidation sites excluding steroid dienone is 1. The van der Waals surface area contributed by atoms with Crippen LogP contribution in [0.1, 0.15) is 6.92 Å². The van der Waals surface area contributed by atoms with Crippen LogP contribution in [-0.4, -0.2) is 40.5 Å². The molecule has 14 heavy (non-hydrogen) atoms. The van der Waals surface area contributed by atoms with Gasteiger partial charge < -0.3 is 9.84 Å². The van der Waals surface area contributed by atoms with Gasteiger partial charge in [-0.05, 0) is 18.6 Å². The molecule has 1 unspecified atom stereocenters. The number of aliphatic hydroxyl groups is 1. The highest BCUT2D eigenvalue weighted by molar-refractivity contribution is 14.1. The third kappa shape index (κ3) is 2.14. The Bertz CT molecular complexity index is 288. The molecule has 1 aliphatic heterocycles. The van der Waals surface area contributed by atoms with Crippen molar-refractivity contribution in [1.29, 1.82) is 0 Å². The van der Waals surface area contributed by atoms with Crippen molar-refractivity contribution in [1.82, 2.24) is 0 Å². The summed E-state index contributed by atoms with van der Waals surface area (Å²) >= 11 is 1.98. The van der Waals surface area contributed by atoms with E-state index < -0.39 is 3.42 Å². The highest BCUT2D eigenvalue weighted by Gasteiger charge is 2.41. The van der Waals surface area contributed by atoms with E-state index in [1.165, 1.54) is 0 Å². The van der Waals surface area contributed by atoms with Crippen molar-refractivity contribution in [3.05, 3.63) is 11.6 Å². The molecule has 1 heterocycles. The highest BCUT2D eigenvalue weighted by Crippen LogP contribution is 2.31. The van der Waals surface area contributed by atoms with E-state index in [0.717, 1.165) is 0 Å². The second-order valence-corrected chi connectivity index (χ2v) is 4.70. The quantitative estimate of drug-likeness (QED) is 0.475. The van der Waals surface area contributed by atoms with Gasteiger partial charge in [0.05, 0.1) is 19.8 Å². The van der Waals surface area contributed by atoms with Crippen molar-refractivity contribution in [3.63, 3.8) is 0 Å². The first-order chi connectivity index (χ1) is 6.65. The van der Waals surface area contributed by atoms with Crippen LogP contribution in [0.2, 0.25) is 0 Å². The molecule has 0 aliphatic carbocycles. The van der Waals surface area contributed by atoms with Crippen LogP contribution in [0.5, 0.6) is 0 Å². The Morgan fingerprint density at radius 2 is 2.57 bits per heavy atom. The van der Waals surface area contributed by atoms with E-state index >= 15 is 0 Å². The maximum Gasteiger partial charge on any atom is 0.328 e. The zero-order valence-electron chi connectivity index (χ0n) is 7.86. The normalized spacial score (nSPS) is 25.8. The summed E-state index contributed by atoms with van der Waals surface area (Å²) in [5.41, 5.74) is 0.645. The molecule has 5 heteroatoms. The predicted molar refractivity (Wildman–Crippen MR) is 61.9 cm³/mol. The monoisotopic (exact) mass is 309 g/mol. The van der Waals surface area contributed by atoms with Crippen molar-refractivity contribution in [2.24, 2.45) is 4.99 Å². The first-order valence-electron chi connectivity index (χ1n) is 4.31. The average molecular weight is 309 g/mol. The number of aliphatic hydroxyl groups excluding tert-OH is 1. The maximum absolute atomic E-state index is 11.6. The minimum absolute atomic E-state index is 0.145. The van der Waals surface area contributed by atoms with Crippen LogP contribution in [0.3, 0.4) is 0 Å². The van der Waals surface area contributed by atoms with E-state index in [9.17, 15) is 4.79 Å². The number of aliphatic imine (C=N–C) groups is 1. The van der Waals surface area contributed by atoms with Crippen LogP contribution >= 0.6 is 22.6 Å². The third-order valence-electron chi connectivity index (χ3n) is 1.97. The molecule has 1 atom stereocenters. The smallest absolute Gasteiger partial charge is 0.328 e. The van der Waals surface area contributed by atoms with Gasteiger partial charge in [0.25, 0.3) is 0 Å². The van der Waals surface area contributed by atoms with Gasteiger partial charge in [0.15, 0.2) is 3.42 Å². The zero-order chi connectivity index (χ0) is 10.6. The van der Waals surface area contributed by atoms with Gasteiger partial charge in [-0.3, -0.25) is 9.79 Å². The van der Waals surface area contributed by atoms with Gasteiger partial charge in [-0.25, -0.2) is 0 Å². The van der Waals surface area contributed by atoms with E-state index in [-0.39, 0.29) is 12.6 Å². The lowest BCUT2D eigenvalue weighted by Gasteiger charge is -2.27. The molecular formula is C9H12INO3. The number of carbonyl (C=O) groups excluding carboxylic acids is 1. The molecule has 0 saturated heterocycles. The Morgan fingerprint density at radius 1 is 1.86 bits per heavy atom. The predicted octanol–water partition coefficient (Wildman–Crippen LogP) is 0.726. The summed E-state index contributed by atoms with van der Waals surface area (Å²) in [6.45, 7) is 2.28. The van der Waals surface area contributed by atoms with Crippen molar-refractivity contribution in [2.45, 2.75) is 10.3 Å². The van der Waals surface area contributed by atoms with Crippen LogP contribution in [0.4, 0.5) is 0 Å². The van der Waals surface area contributed by atoms with Gasteiger partial charge in [0.1, 0.15) is 0 Å². The topological polar surface area (TPSA) is 58.9 Å². The Labute approximate surface area is 96.2 Å². The van der Waals surface area contributed by atoms with Crippen LogP contribution in [0, 0.1) is 0 Å². The molecule has 0 aromatic carbocycles. The number of alkyl halides is 1. The Kier molecular flexibility index (Phi) is 4.06. The Morgan fingerprint density at radius 3 is 3.14 bits per heavy atom. The Hall–Kier alpha value is -0.430. The van der Waals surface area contributed by atoms with E-state index in [4.69, 9.17) is 9.84 Å². The van der Waals surface area contributed by atoms with Crippen molar-refractivity contribution < 1.29 is 14.6 Å². The molecule has 0 amide bonds. The van der Waals surface area contributed by atoms with Crippen molar-refractivity contribution in [3.8, 4) is 0 Å². The lowest BCUT2D eigenvalue weighted by atomic mass is 9.98. The standard InChI is InChI=1S/C9H12INO3/c1-2-14-8(13)9(10)6-11-4-3-7(9)5-12/h3-4,12H,2,5-6H2,1H3. The second-order valence-electron chi connectivity index (χ2n) is 2.86. The molecule has 0 aromatic rings. The van der Waals surface area contributed by atoms with Crippen LogP contribution in [0.25, 0.3) is 0 Å². The first kappa shape index (κ1) is 11.6. The SMILES string of the molecule is CCOC(=O)C1(I)CN=CC=C1CO. The number of carbonyl (C=O) groups is 1. The number of hydrogen-bond donors (Lipinski definition) is 1. The van der Waals surface area contributed by atoms with Gasteiger partial charge in [-0.1, -0.05) is 22.6 Å². The van der Waals surface area contributed by atoms with Gasteiger partial charge in [-0.15, -0.1) is 0 Å². The molecule has 1 aliphatic rings. The van der Waals surface area contributed by atoms with E-state index in [2.05, 4.69) is 4.99 Å². The molecular weight excluding hydrogens is 297 g/mol. The summed E-state index contributed by atoms with van der Waals surface area (Å²) in [5.74, 6) is -0.335. The number of rotatable bonds is 3. The molecule has 4 nitrogen and oxygen atoms in total. The van der Waals surface area contributed by atoms with E-state index in [0.29, 0.717) is 18.7 Å². The van der Waals surface area contributed by atoms with Crippen LogP contribution in [-0.2, 0) is 9.53 Å². The van der Waals surface area contributed by atoms with Crippen molar-refractivity contribution in [2.75, 3.05) is 19.8 Å². The lowest BCUT2D eigenvalue weighted by molar-refractivity contribution is -0.144. The number of halogens is 1. The number of hydrogen-bond acceptors (Lipinski definition) is 4. The molecule has 0 spiro atoms. The molecule has 1 N–H and O–H groups in total. The molecule has 0 aromatic heterocycles. The number of ether oxygens (including phenoxy) is 1. The van der Waals surface area contributed by atoms with Crippen LogP contribution < -0.4 is 0 Å². The summed E-state index contributed by atoms with van der Waals surface area (Å²) in [6, 6.07) is 0. The van der Waals surface area contributed by atoms with Crippen molar-refractivity contribution >= 4 is 34.8 Å². The molecule has 78 valence electrons. The Balaban J connectivity index is 2.87. The minimum Gasteiger partial charge on any atom is -0.465 e. The summed E-state index contributed by atoms with van der Waals surface area (Å²) in [5, 5.41) is 9.10. The van der Waals surface area contributed by atoms with Gasteiger partial charge >= 0.3 is 5.97 Å². The van der Waals surface area contributed by atoms with E-state index in [1.807, 2.05) is 22.6 Å². The number of dihydropyridines is 1. The molecule has 0 radical (unpaired) electrons. The first-order valence-corrected chi connectivity index (χ1v) is 5.39. The highest BCUT2D eigenvalue weighted by atomic mass is 127. The van der Waals surface area contributed by atoms with Crippen LogP contribution in [0.15, 0.2) is 16.6 Å². The fourth-order valence-corrected chi connectivity index (χ4v) is 1.88.